The molecule has 1 aliphatic rings. The molecule has 7 heteroatoms. The van der Waals surface area contributed by atoms with Crippen molar-refractivity contribution >= 4 is 22.6 Å². The number of rotatable bonds is 3. The number of fused-ring (bicyclic) bond motifs is 1. The van der Waals surface area contributed by atoms with Crippen molar-refractivity contribution in [1.29, 1.82) is 0 Å². The lowest BCUT2D eigenvalue weighted by Gasteiger charge is -2.17. The van der Waals surface area contributed by atoms with Crippen LogP contribution >= 0.6 is 0 Å². The van der Waals surface area contributed by atoms with E-state index in [1.54, 1.807) is 42.7 Å². The third kappa shape index (κ3) is 2.97. The van der Waals surface area contributed by atoms with Gasteiger partial charge in [0.05, 0.1) is 11.5 Å². The molecule has 2 aromatic heterocycles. The fourth-order valence-corrected chi connectivity index (χ4v) is 3.71. The number of pyridine rings is 2. The number of H-pyrrole nitrogens is 1. The lowest BCUT2D eigenvalue weighted by atomic mass is 9.90. The van der Waals surface area contributed by atoms with Gasteiger partial charge in [0.1, 0.15) is 0 Å². The molecule has 7 nitrogen and oxygen atoms in total. The number of hydrogen-bond donors (Lipinski definition) is 2. The molecule has 1 amide bonds. The van der Waals surface area contributed by atoms with Crippen LogP contribution in [0, 0.1) is 5.92 Å². The molecule has 3 heterocycles. The monoisotopic (exact) mass is 363 g/mol. The van der Waals surface area contributed by atoms with Gasteiger partial charge in [0, 0.05) is 48.4 Å². The van der Waals surface area contributed by atoms with Crippen molar-refractivity contribution in [2.45, 2.75) is 5.92 Å². The summed E-state index contributed by atoms with van der Waals surface area (Å²) in [7, 11) is 0. The van der Waals surface area contributed by atoms with Gasteiger partial charge in [-0.05, 0) is 17.7 Å². The Morgan fingerprint density at radius 3 is 2.59 bits per heavy atom. The van der Waals surface area contributed by atoms with Crippen molar-refractivity contribution in [2.24, 2.45) is 5.92 Å². The molecule has 1 fully saturated rings. The molecule has 27 heavy (non-hydrogen) atoms. The van der Waals surface area contributed by atoms with Crippen molar-refractivity contribution in [2.75, 3.05) is 13.1 Å². The quantitative estimate of drug-likeness (QED) is 0.739. The Bertz CT molecular complexity index is 1080. The van der Waals surface area contributed by atoms with Gasteiger partial charge in [0.2, 0.25) is 0 Å². The summed E-state index contributed by atoms with van der Waals surface area (Å²) >= 11 is 0. The third-order valence-corrected chi connectivity index (χ3v) is 5.08. The van der Waals surface area contributed by atoms with Gasteiger partial charge in [0.15, 0.2) is 0 Å². The number of hydrogen-bond acceptors (Lipinski definition) is 4. The normalized spacial score (nSPS) is 19.3. The first kappa shape index (κ1) is 17.0. The molecule has 0 spiro atoms. The second-order valence-corrected chi connectivity index (χ2v) is 6.62. The number of carbonyl (C=O) groups is 2. The molecule has 2 N–H and O–H groups in total. The molecule has 1 saturated heterocycles. The van der Waals surface area contributed by atoms with E-state index in [1.807, 2.05) is 6.07 Å². The van der Waals surface area contributed by atoms with Crippen molar-refractivity contribution < 1.29 is 14.7 Å². The average Bonchev–Trinajstić information content (AvgIpc) is 3.15. The highest BCUT2D eigenvalue weighted by molar-refractivity contribution is 6.06. The summed E-state index contributed by atoms with van der Waals surface area (Å²) in [5, 5.41) is 10.6. The van der Waals surface area contributed by atoms with Crippen molar-refractivity contribution in [3.63, 3.8) is 0 Å². The topological polar surface area (TPSA) is 103 Å². The molecular weight excluding hydrogens is 346 g/mol. The Morgan fingerprint density at radius 1 is 1.11 bits per heavy atom. The van der Waals surface area contributed by atoms with Crippen molar-refractivity contribution in [3.8, 4) is 0 Å². The van der Waals surface area contributed by atoms with Gasteiger partial charge in [-0.2, -0.15) is 0 Å². The Hall–Kier alpha value is -3.48. The van der Waals surface area contributed by atoms with Crippen LogP contribution in [0.1, 0.15) is 21.8 Å². The Balaban J connectivity index is 1.70. The summed E-state index contributed by atoms with van der Waals surface area (Å²) in [6, 6.07) is 10.5. The smallest absolute Gasteiger partial charge is 0.308 e. The maximum absolute atomic E-state index is 13.1. The first-order valence-corrected chi connectivity index (χ1v) is 8.58. The summed E-state index contributed by atoms with van der Waals surface area (Å²) in [6.07, 6.45) is 4.67. The number of amides is 1. The first-order chi connectivity index (χ1) is 13.1. The molecule has 0 aliphatic carbocycles. The zero-order valence-electron chi connectivity index (χ0n) is 14.3. The van der Waals surface area contributed by atoms with Crippen LogP contribution in [0.15, 0.2) is 59.8 Å². The van der Waals surface area contributed by atoms with Crippen LogP contribution in [0.2, 0.25) is 0 Å². The minimum atomic E-state index is -0.939. The molecule has 1 aromatic carbocycles. The van der Waals surface area contributed by atoms with E-state index in [1.165, 1.54) is 11.1 Å². The second-order valence-electron chi connectivity index (χ2n) is 6.62. The predicted octanol–water partition coefficient (Wildman–Crippen LogP) is 1.86. The number of nitrogens with one attached hydrogen (secondary N) is 1. The van der Waals surface area contributed by atoms with Gasteiger partial charge in [-0.25, -0.2) is 0 Å². The predicted molar refractivity (Wildman–Crippen MR) is 98.6 cm³/mol. The fourth-order valence-electron chi connectivity index (χ4n) is 3.71. The van der Waals surface area contributed by atoms with Crippen LogP contribution in [0.5, 0.6) is 0 Å². The summed E-state index contributed by atoms with van der Waals surface area (Å²) in [5.41, 5.74) is 0.896. The van der Waals surface area contributed by atoms with Crippen LogP contribution in [-0.4, -0.2) is 44.9 Å². The first-order valence-electron chi connectivity index (χ1n) is 8.58. The minimum absolute atomic E-state index is 0.112. The van der Waals surface area contributed by atoms with Crippen molar-refractivity contribution in [1.82, 2.24) is 14.9 Å². The SMILES string of the molecule is O=C(O)[C@@H]1CN(C(=O)c2c[nH]c(=O)c3ccccc23)C[C@H]1c1cccnc1. The number of aromatic amines is 1. The number of carboxylic acid groups (broad SMARTS) is 1. The van der Waals surface area contributed by atoms with E-state index < -0.39 is 11.9 Å². The Labute approximate surface area is 154 Å². The van der Waals surface area contributed by atoms with E-state index in [9.17, 15) is 19.5 Å². The Kier molecular flexibility index (Phi) is 4.19. The zero-order valence-corrected chi connectivity index (χ0v) is 14.3. The molecule has 0 saturated carbocycles. The van der Waals surface area contributed by atoms with Gasteiger partial charge in [-0.3, -0.25) is 19.4 Å². The van der Waals surface area contributed by atoms with Crippen LogP contribution < -0.4 is 5.56 Å². The molecule has 4 rings (SSSR count). The summed E-state index contributed by atoms with van der Waals surface area (Å²) < 4.78 is 0. The van der Waals surface area contributed by atoms with Crippen LogP contribution in [0.3, 0.4) is 0 Å². The van der Waals surface area contributed by atoms with Gasteiger partial charge in [-0.1, -0.05) is 24.3 Å². The van der Waals surface area contributed by atoms with Crippen LogP contribution in [-0.2, 0) is 4.79 Å². The summed E-state index contributed by atoms with van der Waals surface area (Å²) in [6.45, 7) is 0.399. The highest BCUT2D eigenvalue weighted by Gasteiger charge is 2.41. The van der Waals surface area contributed by atoms with Crippen molar-refractivity contribution in [3.05, 3.63) is 76.5 Å². The van der Waals surface area contributed by atoms with Crippen LogP contribution in [0.4, 0.5) is 0 Å². The summed E-state index contributed by atoms with van der Waals surface area (Å²) in [4.78, 5) is 45.0. The number of benzene rings is 1. The molecule has 0 bridgehead atoms. The van der Waals surface area contributed by atoms with Gasteiger partial charge >= 0.3 is 5.97 Å². The molecule has 1 aliphatic heterocycles. The maximum atomic E-state index is 13.1. The minimum Gasteiger partial charge on any atom is -0.481 e. The second kappa shape index (κ2) is 6.68. The molecule has 2 atom stereocenters. The van der Waals surface area contributed by atoms with E-state index in [2.05, 4.69) is 9.97 Å². The lowest BCUT2D eigenvalue weighted by molar-refractivity contribution is -0.141. The number of aromatic nitrogens is 2. The maximum Gasteiger partial charge on any atom is 0.308 e. The Morgan fingerprint density at radius 2 is 1.89 bits per heavy atom. The largest absolute Gasteiger partial charge is 0.481 e. The molecule has 0 radical (unpaired) electrons. The highest BCUT2D eigenvalue weighted by Crippen LogP contribution is 2.33. The third-order valence-electron chi connectivity index (χ3n) is 5.08. The van der Waals surface area contributed by atoms with Gasteiger partial charge in [0.25, 0.3) is 11.5 Å². The standard InChI is InChI=1S/C20H17N3O4/c24-18-14-6-2-1-5-13(14)15(9-22-18)19(25)23-10-16(17(11-23)20(26)27)12-4-3-7-21-8-12/h1-9,16-17H,10-11H2,(H,22,24)(H,26,27)/t16-,17+/m0/s1. The molecule has 136 valence electrons. The van der Waals surface area contributed by atoms with E-state index in [0.717, 1.165) is 5.56 Å². The fraction of sp³-hybridized carbons (Fsp3) is 0.200. The van der Waals surface area contributed by atoms with E-state index >= 15 is 0 Å². The van der Waals surface area contributed by atoms with E-state index in [-0.39, 0.29) is 30.5 Å². The number of nitrogens with zero attached hydrogens (tertiary/aromatic N) is 2. The highest BCUT2D eigenvalue weighted by atomic mass is 16.4. The number of carboxylic acids is 1. The molecular formula is C20H17N3O4. The van der Waals surface area contributed by atoms with E-state index in [0.29, 0.717) is 16.3 Å². The van der Waals surface area contributed by atoms with E-state index in [4.69, 9.17) is 0 Å². The number of aliphatic carboxylic acids is 1. The van der Waals surface area contributed by atoms with Gasteiger partial charge in [-0.15, -0.1) is 0 Å². The number of likely N-dealkylation sites (tertiary alicyclic amines) is 1. The zero-order chi connectivity index (χ0) is 19.0. The lowest BCUT2D eigenvalue weighted by Crippen LogP contribution is -2.30. The van der Waals surface area contributed by atoms with Crippen LogP contribution in [0.25, 0.3) is 10.8 Å². The molecule has 0 unspecified atom stereocenters. The number of carbonyl (C=O) groups excluding carboxylic acids is 1. The van der Waals surface area contributed by atoms with Gasteiger partial charge < -0.3 is 15.0 Å². The summed E-state index contributed by atoms with van der Waals surface area (Å²) in [5.74, 6) is -2.26. The average molecular weight is 363 g/mol. The molecule has 3 aromatic rings.